The number of halogens is 1. The zero-order valence-electron chi connectivity index (χ0n) is 11.9. The lowest BCUT2D eigenvalue weighted by Crippen LogP contribution is -2.33. The molecule has 0 radical (unpaired) electrons. The van der Waals surface area contributed by atoms with Crippen LogP contribution in [0, 0.1) is 5.82 Å². The van der Waals surface area contributed by atoms with Gasteiger partial charge >= 0.3 is 0 Å². The molecule has 0 aromatic heterocycles. The lowest BCUT2D eigenvalue weighted by Gasteiger charge is -2.07. The van der Waals surface area contributed by atoms with Gasteiger partial charge in [-0.15, -0.1) is 0 Å². The third-order valence-electron chi connectivity index (χ3n) is 2.55. The summed E-state index contributed by atoms with van der Waals surface area (Å²) in [4.78, 5) is 22.9. The number of rotatable bonds is 9. The number of ether oxygens (including phenoxy) is 1. The number of nitrogens with one attached hydrogen (secondary N) is 3. The maximum absolute atomic E-state index is 12.9. The van der Waals surface area contributed by atoms with Crippen LogP contribution in [0.2, 0.25) is 0 Å². The molecule has 1 rings (SSSR count). The predicted octanol–water partition coefficient (Wildman–Crippen LogP) is 0.507. The van der Waals surface area contributed by atoms with Crippen molar-refractivity contribution in [3.63, 3.8) is 0 Å². The first kappa shape index (κ1) is 17.1. The highest BCUT2D eigenvalue weighted by atomic mass is 19.1. The Morgan fingerprint density at radius 1 is 1.24 bits per heavy atom. The SMILES string of the molecule is COCCNC(=O)CCNCC(=O)Nc1cccc(F)c1. The highest BCUT2D eigenvalue weighted by Gasteiger charge is 2.04. The standard InChI is InChI=1S/C14H20FN3O3/c1-21-8-7-17-13(19)5-6-16-10-14(20)18-12-4-2-3-11(15)9-12/h2-4,9,16H,5-8,10H2,1H3,(H,17,19)(H,18,20). The number of methoxy groups -OCH3 is 1. The zero-order valence-corrected chi connectivity index (χ0v) is 11.9. The molecular formula is C14H20FN3O3. The summed E-state index contributed by atoms with van der Waals surface area (Å²) < 4.78 is 17.7. The molecule has 0 unspecified atom stereocenters. The summed E-state index contributed by atoms with van der Waals surface area (Å²) in [5.41, 5.74) is 0.402. The highest BCUT2D eigenvalue weighted by Crippen LogP contribution is 2.08. The van der Waals surface area contributed by atoms with Gasteiger partial charge in [-0.2, -0.15) is 0 Å². The van der Waals surface area contributed by atoms with E-state index < -0.39 is 5.82 Å². The molecule has 1 aromatic rings. The predicted molar refractivity (Wildman–Crippen MR) is 77.4 cm³/mol. The van der Waals surface area contributed by atoms with Crippen LogP contribution in [0.25, 0.3) is 0 Å². The average molecular weight is 297 g/mol. The van der Waals surface area contributed by atoms with Crippen molar-refractivity contribution in [2.75, 3.05) is 38.7 Å². The van der Waals surface area contributed by atoms with Crippen LogP contribution in [0.3, 0.4) is 0 Å². The molecule has 0 heterocycles. The molecule has 1 aromatic carbocycles. The van der Waals surface area contributed by atoms with Crippen LogP contribution >= 0.6 is 0 Å². The number of amides is 2. The molecule has 7 heteroatoms. The van der Waals surface area contributed by atoms with Gasteiger partial charge in [0.05, 0.1) is 13.2 Å². The number of carbonyl (C=O) groups is 2. The zero-order chi connectivity index (χ0) is 15.5. The van der Waals surface area contributed by atoms with E-state index in [1.165, 1.54) is 18.2 Å². The number of hydrogen-bond acceptors (Lipinski definition) is 4. The van der Waals surface area contributed by atoms with Gasteiger partial charge in [-0.1, -0.05) is 6.07 Å². The Kier molecular flexibility index (Phi) is 8.00. The van der Waals surface area contributed by atoms with Crippen molar-refractivity contribution in [3.05, 3.63) is 30.1 Å². The summed E-state index contributed by atoms with van der Waals surface area (Å²) in [7, 11) is 1.56. The Morgan fingerprint density at radius 2 is 2.05 bits per heavy atom. The molecule has 0 aliphatic heterocycles. The van der Waals surface area contributed by atoms with E-state index in [4.69, 9.17) is 4.74 Å². The van der Waals surface area contributed by atoms with E-state index in [-0.39, 0.29) is 24.8 Å². The molecule has 0 saturated heterocycles. The second-order valence-corrected chi connectivity index (χ2v) is 4.33. The van der Waals surface area contributed by atoms with Crippen molar-refractivity contribution >= 4 is 17.5 Å². The van der Waals surface area contributed by atoms with Gasteiger partial charge in [0, 0.05) is 32.3 Å². The molecule has 0 aliphatic carbocycles. The quantitative estimate of drug-likeness (QED) is 0.580. The van der Waals surface area contributed by atoms with Crippen LogP contribution in [0.1, 0.15) is 6.42 Å². The van der Waals surface area contributed by atoms with Gasteiger partial charge < -0.3 is 20.7 Å². The Balaban J connectivity index is 2.12. The third kappa shape index (κ3) is 8.01. The van der Waals surface area contributed by atoms with Gasteiger partial charge in [0.2, 0.25) is 11.8 Å². The van der Waals surface area contributed by atoms with Crippen molar-refractivity contribution in [1.82, 2.24) is 10.6 Å². The fourth-order valence-electron chi connectivity index (χ4n) is 1.56. The number of benzene rings is 1. The molecule has 2 amide bonds. The summed E-state index contributed by atoms with van der Waals surface area (Å²) in [6, 6.07) is 5.66. The van der Waals surface area contributed by atoms with E-state index in [9.17, 15) is 14.0 Å². The van der Waals surface area contributed by atoms with Gasteiger partial charge in [0.25, 0.3) is 0 Å². The van der Waals surface area contributed by atoms with Crippen molar-refractivity contribution in [2.45, 2.75) is 6.42 Å². The molecule has 116 valence electrons. The molecule has 3 N–H and O–H groups in total. The van der Waals surface area contributed by atoms with Gasteiger partial charge in [-0.3, -0.25) is 9.59 Å². The first-order valence-electron chi connectivity index (χ1n) is 6.63. The van der Waals surface area contributed by atoms with Crippen LogP contribution in [-0.2, 0) is 14.3 Å². The molecule has 6 nitrogen and oxygen atoms in total. The van der Waals surface area contributed by atoms with Crippen LogP contribution in [0.15, 0.2) is 24.3 Å². The maximum Gasteiger partial charge on any atom is 0.238 e. The Hall–Kier alpha value is -1.99. The molecule has 0 fully saturated rings. The highest BCUT2D eigenvalue weighted by molar-refractivity contribution is 5.92. The number of anilines is 1. The van der Waals surface area contributed by atoms with Crippen molar-refractivity contribution in [3.8, 4) is 0 Å². The molecule has 0 aliphatic rings. The monoisotopic (exact) mass is 297 g/mol. The van der Waals surface area contributed by atoms with Crippen molar-refractivity contribution in [1.29, 1.82) is 0 Å². The maximum atomic E-state index is 12.9. The van der Waals surface area contributed by atoms with Crippen LogP contribution in [0.4, 0.5) is 10.1 Å². The second-order valence-electron chi connectivity index (χ2n) is 4.33. The van der Waals surface area contributed by atoms with Gasteiger partial charge in [-0.05, 0) is 18.2 Å². The van der Waals surface area contributed by atoms with E-state index in [1.54, 1.807) is 13.2 Å². The third-order valence-corrected chi connectivity index (χ3v) is 2.55. The lowest BCUT2D eigenvalue weighted by atomic mass is 10.3. The Bertz CT molecular complexity index is 469. The molecule has 0 bridgehead atoms. The number of carbonyl (C=O) groups excluding carboxylic acids is 2. The fourth-order valence-corrected chi connectivity index (χ4v) is 1.56. The summed E-state index contributed by atoms with van der Waals surface area (Å²) in [5.74, 6) is -0.807. The van der Waals surface area contributed by atoms with Crippen molar-refractivity contribution < 1.29 is 18.7 Å². The summed E-state index contributed by atoms with van der Waals surface area (Å²) in [6.07, 6.45) is 0.275. The molecule has 0 spiro atoms. The van der Waals surface area contributed by atoms with E-state index in [0.29, 0.717) is 25.4 Å². The molecule has 0 atom stereocenters. The lowest BCUT2D eigenvalue weighted by molar-refractivity contribution is -0.121. The van der Waals surface area contributed by atoms with E-state index >= 15 is 0 Å². The van der Waals surface area contributed by atoms with E-state index in [1.807, 2.05) is 0 Å². The minimum absolute atomic E-state index is 0.0574. The first-order chi connectivity index (χ1) is 10.1. The van der Waals surface area contributed by atoms with Crippen LogP contribution in [0.5, 0.6) is 0 Å². The van der Waals surface area contributed by atoms with E-state index in [0.717, 1.165) is 0 Å². The summed E-state index contributed by atoms with van der Waals surface area (Å²) >= 11 is 0. The minimum atomic E-state index is -0.409. The number of hydrogen-bond donors (Lipinski definition) is 3. The second kappa shape index (κ2) is 9.84. The normalized spacial score (nSPS) is 10.2. The Labute approximate surface area is 123 Å². The smallest absolute Gasteiger partial charge is 0.238 e. The molecule has 0 saturated carbocycles. The average Bonchev–Trinajstić information content (AvgIpc) is 2.44. The summed E-state index contributed by atoms with van der Waals surface area (Å²) in [6.45, 7) is 1.38. The Morgan fingerprint density at radius 3 is 2.76 bits per heavy atom. The topological polar surface area (TPSA) is 79.5 Å². The van der Waals surface area contributed by atoms with Crippen LogP contribution < -0.4 is 16.0 Å². The molecule has 21 heavy (non-hydrogen) atoms. The first-order valence-corrected chi connectivity index (χ1v) is 6.63. The van der Waals surface area contributed by atoms with Gasteiger partial charge in [0.1, 0.15) is 5.82 Å². The minimum Gasteiger partial charge on any atom is -0.383 e. The van der Waals surface area contributed by atoms with Gasteiger partial charge in [0.15, 0.2) is 0 Å². The largest absolute Gasteiger partial charge is 0.383 e. The van der Waals surface area contributed by atoms with Crippen molar-refractivity contribution in [2.24, 2.45) is 0 Å². The van der Waals surface area contributed by atoms with Crippen LogP contribution in [-0.4, -0.2) is 45.2 Å². The van der Waals surface area contributed by atoms with Gasteiger partial charge in [-0.25, -0.2) is 4.39 Å². The fraction of sp³-hybridized carbons (Fsp3) is 0.429. The summed E-state index contributed by atoms with van der Waals surface area (Å²) in [5, 5.41) is 8.07. The van der Waals surface area contributed by atoms with E-state index in [2.05, 4.69) is 16.0 Å². The molecular weight excluding hydrogens is 277 g/mol.